The van der Waals surface area contributed by atoms with E-state index in [1.54, 1.807) is 38.1 Å². The summed E-state index contributed by atoms with van der Waals surface area (Å²) in [5, 5.41) is 2.66. The number of nitrogens with one attached hydrogen (secondary N) is 1. The summed E-state index contributed by atoms with van der Waals surface area (Å²) < 4.78 is 41.2. The van der Waals surface area contributed by atoms with Gasteiger partial charge in [0.15, 0.2) is 0 Å². The predicted molar refractivity (Wildman–Crippen MR) is 118 cm³/mol. The standard InChI is InChI=1S/C21H26N2O7S/c1-6-30-21(25)16-8-7-9-17(14(16)2)22-20(24)13-23(31(5,26)27)18-11-10-15(28-3)12-19(18)29-4/h7-12H,6,13H2,1-5H3,(H,22,24). The molecule has 9 nitrogen and oxygen atoms in total. The monoisotopic (exact) mass is 450 g/mol. The second kappa shape index (κ2) is 10.2. The molecule has 168 valence electrons. The van der Waals surface area contributed by atoms with E-state index in [0.717, 1.165) is 10.6 Å². The lowest BCUT2D eigenvalue weighted by atomic mass is 10.1. The van der Waals surface area contributed by atoms with Gasteiger partial charge in [-0.1, -0.05) is 6.07 Å². The number of nitrogens with zero attached hydrogens (tertiary/aromatic N) is 1. The van der Waals surface area contributed by atoms with Crippen LogP contribution in [-0.2, 0) is 19.6 Å². The Morgan fingerprint density at radius 2 is 1.81 bits per heavy atom. The Kier molecular flexibility index (Phi) is 7.87. The van der Waals surface area contributed by atoms with Crippen LogP contribution < -0.4 is 19.1 Å². The van der Waals surface area contributed by atoms with Crippen LogP contribution in [-0.4, -0.2) is 53.9 Å². The van der Waals surface area contributed by atoms with Crippen LogP contribution in [0.15, 0.2) is 36.4 Å². The topological polar surface area (TPSA) is 111 Å². The third-order valence-corrected chi connectivity index (χ3v) is 5.57. The van der Waals surface area contributed by atoms with E-state index < -0.39 is 28.4 Å². The number of sulfonamides is 1. The first-order valence-corrected chi connectivity index (χ1v) is 11.2. The summed E-state index contributed by atoms with van der Waals surface area (Å²) in [6, 6.07) is 9.41. The van der Waals surface area contributed by atoms with Crippen LogP contribution in [0.4, 0.5) is 11.4 Å². The highest BCUT2D eigenvalue weighted by molar-refractivity contribution is 7.92. The van der Waals surface area contributed by atoms with Gasteiger partial charge in [-0.15, -0.1) is 0 Å². The van der Waals surface area contributed by atoms with Crippen molar-refractivity contribution in [3.8, 4) is 11.5 Å². The Morgan fingerprint density at radius 3 is 2.39 bits per heavy atom. The number of methoxy groups -OCH3 is 2. The average molecular weight is 451 g/mol. The summed E-state index contributed by atoms with van der Waals surface area (Å²) >= 11 is 0. The van der Waals surface area contributed by atoms with Crippen LogP contribution in [0.3, 0.4) is 0 Å². The Bertz CT molecular complexity index is 1070. The number of benzene rings is 2. The number of hydrogen-bond donors (Lipinski definition) is 1. The third-order valence-electron chi connectivity index (χ3n) is 4.45. The molecule has 0 aliphatic rings. The molecule has 31 heavy (non-hydrogen) atoms. The minimum absolute atomic E-state index is 0.193. The molecule has 0 radical (unpaired) electrons. The SMILES string of the molecule is CCOC(=O)c1cccc(NC(=O)CN(c2ccc(OC)cc2OC)S(C)(=O)=O)c1C. The smallest absolute Gasteiger partial charge is 0.338 e. The lowest BCUT2D eigenvalue weighted by molar-refractivity contribution is -0.114. The predicted octanol–water partition coefficient (Wildman–Crippen LogP) is 2.59. The van der Waals surface area contributed by atoms with Gasteiger partial charge in [-0.05, 0) is 43.7 Å². The van der Waals surface area contributed by atoms with Gasteiger partial charge in [0.05, 0.1) is 38.3 Å². The molecule has 0 saturated carbocycles. The molecular formula is C21H26N2O7S. The molecule has 10 heteroatoms. The molecule has 0 spiro atoms. The molecule has 1 N–H and O–H groups in total. The molecule has 0 fully saturated rings. The number of amides is 1. The van der Waals surface area contributed by atoms with Gasteiger partial charge in [0.25, 0.3) is 0 Å². The van der Waals surface area contributed by atoms with E-state index in [2.05, 4.69) is 5.32 Å². The number of carbonyl (C=O) groups is 2. The molecule has 1 amide bonds. The van der Waals surface area contributed by atoms with Gasteiger partial charge >= 0.3 is 5.97 Å². The summed E-state index contributed by atoms with van der Waals surface area (Å²) in [6.07, 6.45) is 0.997. The van der Waals surface area contributed by atoms with E-state index in [0.29, 0.717) is 22.6 Å². The van der Waals surface area contributed by atoms with Gasteiger partial charge < -0.3 is 19.5 Å². The van der Waals surface area contributed by atoms with Crippen molar-refractivity contribution in [2.75, 3.05) is 43.2 Å². The number of esters is 1. The van der Waals surface area contributed by atoms with E-state index in [1.807, 2.05) is 0 Å². The van der Waals surface area contributed by atoms with Crippen molar-refractivity contribution in [1.82, 2.24) is 0 Å². The summed E-state index contributed by atoms with van der Waals surface area (Å²) in [5.41, 5.74) is 1.40. The zero-order valence-corrected chi connectivity index (χ0v) is 18.9. The highest BCUT2D eigenvalue weighted by atomic mass is 32.2. The third kappa shape index (κ3) is 5.88. The molecule has 2 aromatic rings. The summed E-state index contributed by atoms with van der Waals surface area (Å²) in [5.74, 6) is -0.382. The van der Waals surface area contributed by atoms with E-state index in [9.17, 15) is 18.0 Å². The van der Waals surface area contributed by atoms with Crippen molar-refractivity contribution in [2.45, 2.75) is 13.8 Å². The van der Waals surface area contributed by atoms with Crippen LogP contribution in [0.1, 0.15) is 22.8 Å². The lowest BCUT2D eigenvalue weighted by Gasteiger charge is -2.24. The number of anilines is 2. The van der Waals surface area contributed by atoms with Crippen molar-refractivity contribution >= 4 is 33.3 Å². The van der Waals surface area contributed by atoms with Crippen LogP contribution in [0.2, 0.25) is 0 Å². The fourth-order valence-electron chi connectivity index (χ4n) is 2.89. The van der Waals surface area contributed by atoms with Crippen LogP contribution in [0, 0.1) is 6.92 Å². The van der Waals surface area contributed by atoms with E-state index in [-0.39, 0.29) is 18.0 Å². The van der Waals surface area contributed by atoms with Gasteiger partial charge in [0.1, 0.15) is 18.0 Å². The second-order valence-corrected chi connectivity index (χ2v) is 8.46. The fourth-order valence-corrected chi connectivity index (χ4v) is 3.75. The first-order valence-electron chi connectivity index (χ1n) is 9.38. The Hall–Kier alpha value is -3.27. The maximum atomic E-state index is 12.7. The van der Waals surface area contributed by atoms with Crippen molar-refractivity contribution in [2.24, 2.45) is 0 Å². The quantitative estimate of drug-likeness (QED) is 0.585. The average Bonchev–Trinajstić information content (AvgIpc) is 2.72. The first kappa shape index (κ1) is 24.0. The van der Waals surface area contributed by atoms with Gasteiger partial charge in [0.2, 0.25) is 15.9 Å². The molecule has 0 heterocycles. The minimum atomic E-state index is -3.82. The van der Waals surface area contributed by atoms with Gasteiger partial charge in [-0.25, -0.2) is 13.2 Å². The maximum Gasteiger partial charge on any atom is 0.338 e. The molecule has 0 bridgehead atoms. The summed E-state index contributed by atoms with van der Waals surface area (Å²) in [6.45, 7) is 3.10. The van der Waals surface area contributed by atoms with Gasteiger partial charge in [-0.2, -0.15) is 0 Å². The first-order chi connectivity index (χ1) is 14.6. The Labute approximate surface area is 182 Å². The van der Waals surface area contributed by atoms with Gasteiger partial charge in [-0.3, -0.25) is 9.10 Å². The number of ether oxygens (including phenoxy) is 3. The minimum Gasteiger partial charge on any atom is -0.497 e. The van der Waals surface area contributed by atoms with E-state index >= 15 is 0 Å². The van der Waals surface area contributed by atoms with Gasteiger partial charge in [0, 0.05) is 11.8 Å². The maximum absolute atomic E-state index is 12.7. The van der Waals surface area contributed by atoms with Crippen molar-refractivity contribution in [1.29, 1.82) is 0 Å². The fraction of sp³-hybridized carbons (Fsp3) is 0.333. The number of carbonyl (C=O) groups excluding carboxylic acids is 2. The highest BCUT2D eigenvalue weighted by Gasteiger charge is 2.25. The summed E-state index contributed by atoms with van der Waals surface area (Å²) in [7, 11) is -0.952. The molecule has 0 aromatic heterocycles. The zero-order valence-electron chi connectivity index (χ0n) is 18.1. The molecule has 0 aliphatic heterocycles. The van der Waals surface area contributed by atoms with Crippen molar-refractivity contribution < 1.29 is 32.2 Å². The Morgan fingerprint density at radius 1 is 1.10 bits per heavy atom. The molecule has 0 atom stereocenters. The van der Waals surface area contributed by atoms with Crippen LogP contribution in [0.5, 0.6) is 11.5 Å². The largest absolute Gasteiger partial charge is 0.497 e. The number of rotatable bonds is 9. The zero-order chi connectivity index (χ0) is 23.2. The Balaban J connectivity index is 2.32. The normalized spacial score (nSPS) is 10.9. The van der Waals surface area contributed by atoms with E-state index in [4.69, 9.17) is 14.2 Å². The molecule has 2 aromatic carbocycles. The molecule has 2 rings (SSSR count). The van der Waals surface area contributed by atoms with Crippen LogP contribution in [0.25, 0.3) is 0 Å². The number of hydrogen-bond acceptors (Lipinski definition) is 7. The second-order valence-electron chi connectivity index (χ2n) is 6.55. The van der Waals surface area contributed by atoms with Crippen molar-refractivity contribution in [3.05, 3.63) is 47.5 Å². The highest BCUT2D eigenvalue weighted by Crippen LogP contribution is 2.33. The molecule has 0 saturated heterocycles. The molecular weight excluding hydrogens is 424 g/mol. The van der Waals surface area contributed by atoms with E-state index in [1.165, 1.54) is 26.4 Å². The van der Waals surface area contributed by atoms with Crippen molar-refractivity contribution in [3.63, 3.8) is 0 Å². The van der Waals surface area contributed by atoms with Crippen LogP contribution >= 0.6 is 0 Å². The lowest BCUT2D eigenvalue weighted by Crippen LogP contribution is -2.37. The molecule has 0 unspecified atom stereocenters. The summed E-state index contributed by atoms with van der Waals surface area (Å²) in [4.78, 5) is 24.8. The molecule has 0 aliphatic carbocycles.